The van der Waals surface area contributed by atoms with Gasteiger partial charge in [-0.25, -0.2) is 4.39 Å². The lowest BCUT2D eigenvalue weighted by molar-refractivity contribution is -0.194. The number of hydrogen-bond acceptors (Lipinski definition) is 1. The zero-order valence-electron chi connectivity index (χ0n) is 19.6. The fourth-order valence-electron chi connectivity index (χ4n) is 4.82. The first-order valence-corrected chi connectivity index (χ1v) is 11.6. The van der Waals surface area contributed by atoms with Crippen molar-refractivity contribution in [1.82, 2.24) is 4.90 Å². The van der Waals surface area contributed by atoms with E-state index in [9.17, 15) is 43.9 Å². The molecule has 4 rings (SSSR count). The molecule has 0 radical (unpaired) electrons. The van der Waals surface area contributed by atoms with Gasteiger partial charge in [0, 0.05) is 13.1 Å². The molecule has 0 N–H and O–H groups in total. The summed E-state index contributed by atoms with van der Waals surface area (Å²) in [5.41, 5.74) is -0.631. The molecule has 3 aromatic rings. The van der Waals surface area contributed by atoms with Crippen LogP contribution in [0.15, 0.2) is 66.7 Å². The Morgan fingerprint density at radius 3 is 1.95 bits per heavy atom. The minimum atomic E-state index is -4.86. The molecule has 0 aliphatic carbocycles. The lowest BCUT2D eigenvalue weighted by Gasteiger charge is -2.40. The summed E-state index contributed by atoms with van der Waals surface area (Å²) in [6.07, 6.45) is -14.2. The molecule has 11 heteroatoms. The molecule has 0 spiro atoms. The molecule has 3 aromatic carbocycles. The third-order valence-electron chi connectivity index (χ3n) is 6.64. The summed E-state index contributed by atoms with van der Waals surface area (Å²) in [5.74, 6) is -1.63. The second-order valence-electron chi connectivity index (χ2n) is 9.31. The Labute approximate surface area is 211 Å². The summed E-state index contributed by atoms with van der Waals surface area (Å²) < 4.78 is 133. The average molecular weight is 549 g/mol. The van der Waals surface area contributed by atoms with Gasteiger partial charge in [-0.05, 0) is 71.3 Å². The molecule has 1 heterocycles. The van der Waals surface area contributed by atoms with Crippen molar-refractivity contribution in [2.75, 3.05) is 6.54 Å². The highest BCUT2D eigenvalue weighted by atomic mass is 19.4. The second-order valence-corrected chi connectivity index (χ2v) is 9.31. The van der Waals surface area contributed by atoms with E-state index in [-0.39, 0.29) is 31.0 Å². The second kappa shape index (κ2) is 10.2. The van der Waals surface area contributed by atoms with Gasteiger partial charge in [0.25, 0.3) is 0 Å². The molecule has 2 unspecified atom stereocenters. The first-order chi connectivity index (χ1) is 17.6. The van der Waals surface area contributed by atoms with Gasteiger partial charge in [0.2, 0.25) is 0 Å². The van der Waals surface area contributed by atoms with Crippen molar-refractivity contribution < 1.29 is 43.9 Å². The maximum absolute atomic E-state index is 13.9. The lowest BCUT2D eigenvalue weighted by atomic mass is 9.85. The van der Waals surface area contributed by atoms with Crippen LogP contribution in [0.5, 0.6) is 0 Å². The Morgan fingerprint density at radius 1 is 0.684 bits per heavy atom. The maximum atomic E-state index is 13.9. The Morgan fingerprint density at radius 2 is 1.34 bits per heavy atom. The molecule has 1 nitrogen and oxygen atoms in total. The van der Waals surface area contributed by atoms with Gasteiger partial charge in [0.05, 0.1) is 11.1 Å². The van der Waals surface area contributed by atoms with Crippen LogP contribution < -0.4 is 0 Å². The van der Waals surface area contributed by atoms with Crippen molar-refractivity contribution in [3.8, 4) is 11.1 Å². The highest BCUT2D eigenvalue weighted by Crippen LogP contribution is 2.40. The molecule has 1 aliphatic heterocycles. The van der Waals surface area contributed by atoms with E-state index in [1.54, 1.807) is 24.3 Å². The number of piperidine rings is 1. The van der Waals surface area contributed by atoms with Crippen molar-refractivity contribution in [2.24, 2.45) is 0 Å². The summed E-state index contributed by atoms with van der Waals surface area (Å²) in [6, 6.07) is 11.0. The van der Waals surface area contributed by atoms with Crippen LogP contribution in [0, 0.1) is 5.82 Å². The van der Waals surface area contributed by atoms with E-state index in [0.717, 1.165) is 23.1 Å². The minimum absolute atomic E-state index is 0.133. The molecule has 38 heavy (non-hydrogen) atoms. The van der Waals surface area contributed by atoms with Crippen LogP contribution in [0.1, 0.15) is 41.0 Å². The Hall–Kier alpha value is -3.08. The first-order valence-electron chi connectivity index (χ1n) is 11.6. The maximum Gasteiger partial charge on any atom is 0.416 e. The van der Waals surface area contributed by atoms with Crippen molar-refractivity contribution in [3.63, 3.8) is 0 Å². The summed E-state index contributed by atoms with van der Waals surface area (Å²) in [6.45, 7) is -0.696. The molecule has 2 atom stereocenters. The Bertz CT molecular complexity index is 1260. The molecule has 0 saturated carbocycles. The number of halogens is 10. The first kappa shape index (κ1) is 27.9. The topological polar surface area (TPSA) is 3.24 Å². The molecule has 0 bridgehead atoms. The fraction of sp³-hybridized carbons (Fsp3) is 0.333. The van der Waals surface area contributed by atoms with Gasteiger partial charge < -0.3 is 0 Å². The number of benzene rings is 3. The Kier molecular flexibility index (Phi) is 7.53. The van der Waals surface area contributed by atoms with Crippen molar-refractivity contribution in [1.29, 1.82) is 0 Å². The van der Waals surface area contributed by atoms with Crippen molar-refractivity contribution in [2.45, 2.75) is 49.9 Å². The number of likely N-dealkylation sites (tertiary alicyclic amines) is 1. The molecule has 1 fully saturated rings. The van der Waals surface area contributed by atoms with Crippen LogP contribution in [0.3, 0.4) is 0 Å². The average Bonchev–Trinajstić information content (AvgIpc) is 2.82. The highest BCUT2D eigenvalue weighted by molar-refractivity contribution is 5.64. The molecule has 0 aromatic heterocycles. The Balaban J connectivity index is 1.60. The number of hydrogen-bond donors (Lipinski definition) is 0. The van der Waals surface area contributed by atoms with E-state index in [2.05, 4.69) is 0 Å². The SMILES string of the molecule is Fc1cc(CN2CC(c3cccc(-c4ccc(C(F)(F)F)cc4)c3)CCC2C(F)(F)F)cc(C(F)(F)F)c1. The largest absolute Gasteiger partial charge is 0.416 e. The van der Waals surface area contributed by atoms with Crippen LogP contribution >= 0.6 is 0 Å². The van der Waals surface area contributed by atoms with E-state index < -0.39 is 54.0 Å². The van der Waals surface area contributed by atoms with Gasteiger partial charge in [0.15, 0.2) is 0 Å². The third kappa shape index (κ3) is 6.48. The number of rotatable bonds is 4. The van der Waals surface area contributed by atoms with Crippen LogP contribution in [-0.4, -0.2) is 23.7 Å². The van der Waals surface area contributed by atoms with Gasteiger partial charge in [-0.3, -0.25) is 4.90 Å². The van der Waals surface area contributed by atoms with Gasteiger partial charge in [0.1, 0.15) is 11.9 Å². The smallest absolute Gasteiger partial charge is 0.287 e. The monoisotopic (exact) mass is 549 g/mol. The van der Waals surface area contributed by atoms with Crippen LogP contribution in [-0.2, 0) is 18.9 Å². The van der Waals surface area contributed by atoms with E-state index >= 15 is 0 Å². The van der Waals surface area contributed by atoms with Gasteiger partial charge in [-0.2, -0.15) is 39.5 Å². The standard InChI is InChI=1S/C27H21F10N/c28-23-11-16(10-22(13-23)26(32,33)34)14-38-15-20(6-9-24(38)27(35,36)37)19-3-1-2-18(12-19)17-4-7-21(8-5-17)25(29,30)31/h1-5,7-8,10-13,20,24H,6,9,14-15H2. The molecular formula is C27H21F10N. The summed E-state index contributed by atoms with van der Waals surface area (Å²) >= 11 is 0. The van der Waals surface area contributed by atoms with Crippen molar-refractivity contribution >= 4 is 0 Å². The van der Waals surface area contributed by atoms with Crippen LogP contribution in [0.4, 0.5) is 43.9 Å². The molecule has 1 aliphatic rings. The number of nitrogens with zero attached hydrogens (tertiary/aromatic N) is 1. The molecule has 204 valence electrons. The lowest BCUT2D eigenvalue weighted by Crippen LogP contribution is -2.50. The van der Waals surface area contributed by atoms with Gasteiger partial charge in [-0.1, -0.05) is 36.4 Å². The normalized spacial score (nSPS) is 19.5. The minimum Gasteiger partial charge on any atom is -0.287 e. The number of alkyl halides is 9. The van der Waals surface area contributed by atoms with Gasteiger partial charge in [-0.15, -0.1) is 0 Å². The zero-order chi connectivity index (χ0) is 27.9. The molecule has 1 saturated heterocycles. The third-order valence-corrected chi connectivity index (χ3v) is 6.64. The summed E-state index contributed by atoms with van der Waals surface area (Å²) in [4.78, 5) is 1.01. The molecular weight excluding hydrogens is 528 g/mol. The van der Waals surface area contributed by atoms with Crippen LogP contribution in [0.25, 0.3) is 11.1 Å². The predicted octanol–water partition coefficient (Wildman–Crippen LogP) is 8.84. The predicted molar refractivity (Wildman–Crippen MR) is 121 cm³/mol. The fourth-order valence-corrected chi connectivity index (χ4v) is 4.82. The zero-order valence-corrected chi connectivity index (χ0v) is 19.6. The quantitative estimate of drug-likeness (QED) is 0.294. The highest BCUT2D eigenvalue weighted by Gasteiger charge is 2.46. The van der Waals surface area contributed by atoms with E-state index in [1.165, 1.54) is 12.1 Å². The molecule has 0 amide bonds. The van der Waals surface area contributed by atoms with Crippen molar-refractivity contribution in [3.05, 3.63) is 94.8 Å². The summed E-state index contributed by atoms with van der Waals surface area (Å²) in [7, 11) is 0. The van der Waals surface area contributed by atoms with Gasteiger partial charge >= 0.3 is 18.5 Å². The van der Waals surface area contributed by atoms with E-state index in [4.69, 9.17) is 0 Å². The van der Waals surface area contributed by atoms with E-state index in [1.807, 2.05) is 0 Å². The van der Waals surface area contributed by atoms with Crippen LogP contribution in [0.2, 0.25) is 0 Å². The summed E-state index contributed by atoms with van der Waals surface area (Å²) in [5, 5.41) is 0. The van der Waals surface area contributed by atoms with E-state index in [0.29, 0.717) is 22.8 Å².